The van der Waals surface area contributed by atoms with Crippen LogP contribution in [0.1, 0.15) is 30.1 Å². The van der Waals surface area contributed by atoms with Crippen LogP contribution < -0.4 is 10.6 Å². The quantitative estimate of drug-likeness (QED) is 0.800. The number of hydrogen-bond donors (Lipinski definition) is 3. The number of rotatable bonds is 3. The van der Waals surface area contributed by atoms with Crippen LogP contribution in [0.4, 0.5) is 5.69 Å². The second kappa shape index (κ2) is 5.81. The zero-order valence-corrected chi connectivity index (χ0v) is 12.0. The molecule has 1 aromatic carbocycles. The number of benzene rings is 1. The summed E-state index contributed by atoms with van der Waals surface area (Å²) in [5.74, 6) is -1.26. The van der Waals surface area contributed by atoms with Gasteiger partial charge in [0.15, 0.2) is 0 Å². The van der Waals surface area contributed by atoms with Crippen molar-refractivity contribution in [1.82, 2.24) is 5.32 Å². The zero-order chi connectivity index (χ0) is 14.8. The Morgan fingerprint density at radius 1 is 1.35 bits per heavy atom. The minimum atomic E-state index is -1.11. The molecule has 1 saturated heterocycles. The van der Waals surface area contributed by atoms with E-state index in [9.17, 15) is 9.59 Å². The third-order valence-electron chi connectivity index (χ3n) is 3.72. The lowest BCUT2D eigenvalue weighted by molar-refractivity contribution is -0.126. The molecule has 0 unspecified atom stereocenters. The van der Waals surface area contributed by atoms with E-state index < -0.39 is 11.4 Å². The van der Waals surface area contributed by atoms with E-state index in [1.54, 1.807) is 6.07 Å². The van der Waals surface area contributed by atoms with Crippen LogP contribution in [0.5, 0.6) is 0 Å². The predicted molar refractivity (Wildman–Crippen MR) is 77.3 cm³/mol. The molecule has 0 aliphatic carbocycles. The van der Waals surface area contributed by atoms with Gasteiger partial charge in [0, 0.05) is 10.4 Å². The highest BCUT2D eigenvalue weighted by Crippen LogP contribution is 2.30. The van der Waals surface area contributed by atoms with Gasteiger partial charge in [-0.15, -0.1) is 0 Å². The SMILES string of the molecule is CC1(C(=O)Nc2ccc(Cl)cc2C(=O)O)CCNCC1. The summed E-state index contributed by atoms with van der Waals surface area (Å²) in [4.78, 5) is 23.6. The van der Waals surface area contributed by atoms with Crippen LogP contribution in [0.25, 0.3) is 0 Å². The van der Waals surface area contributed by atoms with Gasteiger partial charge in [0.05, 0.1) is 11.3 Å². The summed E-state index contributed by atoms with van der Waals surface area (Å²) in [6, 6.07) is 4.42. The average Bonchev–Trinajstić information content (AvgIpc) is 2.41. The summed E-state index contributed by atoms with van der Waals surface area (Å²) in [5.41, 5.74) is -0.184. The highest BCUT2D eigenvalue weighted by atomic mass is 35.5. The topological polar surface area (TPSA) is 78.4 Å². The molecule has 0 bridgehead atoms. The van der Waals surface area contributed by atoms with E-state index >= 15 is 0 Å². The molecule has 0 saturated carbocycles. The number of halogens is 1. The summed E-state index contributed by atoms with van der Waals surface area (Å²) in [6.45, 7) is 3.48. The first-order valence-corrected chi connectivity index (χ1v) is 6.85. The van der Waals surface area contributed by atoms with Crippen LogP contribution in [0.2, 0.25) is 5.02 Å². The first-order chi connectivity index (χ1) is 9.42. The van der Waals surface area contributed by atoms with Crippen molar-refractivity contribution in [2.45, 2.75) is 19.8 Å². The molecule has 2 rings (SSSR count). The summed E-state index contributed by atoms with van der Waals surface area (Å²) in [7, 11) is 0. The molecule has 108 valence electrons. The average molecular weight is 297 g/mol. The molecule has 1 aliphatic heterocycles. The van der Waals surface area contributed by atoms with Crippen LogP contribution >= 0.6 is 11.6 Å². The van der Waals surface area contributed by atoms with Gasteiger partial charge in [-0.3, -0.25) is 4.79 Å². The van der Waals surface area contributed by atoms with E-state index in [2.05, 4.69) is 10.6 Å². The molecule has 1 heterocycles. The Bertz CT molecular complexity index is 539. The van der Waals surface area contributed by atoms with Crippen LogP contribution in [0.15, 0.2) is 18.2 Å². The number of carboxylic acids is 1. The molecule has 0 atom stereocenters. The van der Waals surface area contributed by atoms with E-state index in [4.69, 9.17) is 16.7 Å². The van der Waals surface area contributed by atoms with Crippen molar-refractivity contribution in [2.24, 2.45) is 5.41 Å². The van der Waals surface area contributed by atoms with E-state index in [1.165, 1.54) is 12.1 Å². The Labute approximate surface area is 122 Å². The Hall–Kier alpha value is -1.59. The second-order valence-electron chi connectivity index (χ2n) is 5.26. The van der Waals surface area contributed by atoms with Gasteiger partial charge < -0.3 is 15.7 Å². The number of piperidine rings is 1. The Morgan fingerprint density at radius 3 is 2.60 bits per heavy atom. The molecule has 0 radical (unpaired) electrons. The highest BCUT2D eigenvalue weighted by Gasteiger charge is 2.35. The molecule has 1 aliphatic rings. The second-order valence-corrected chi connectivity index (χ2v) is 5.70. The van der Waals surface area contributed by atoms with Crippen LogP contribution in [-0.2, 0) is 4.79 Å². The fraction of sp³-hybridized carbons (Fsp3) is 0.429. The van der Waals surface area contributed by atoms with Crippen LogP contribution in [0.3, 0.4) is 0 Å². The normalized spacial score (nSPS) is 17.5. The number of amides is 1. The lowest BCUT2D eigenvalue weighted by Crippen LogP contribution is -2.43. The van der Waals surface area contributed by atoms with Crippen molar-refractivity contribution < 1.29 is 14.7 Å². The van der Waals surface area contributed by atoms with Crippen LogP contribution in [-0.4, -0.2) is 30.1 Å². The molecule has 0 spiro atoms. The van der Waals surface area contributed by atoms with Gasteiger partial charge in [0.1, 0.15) is 0 Å². The number of carboxylic acid groups (broad SMARTS) is 1. The van der Waals surface area contributed by atoms with Gasteiger partial charge >= 0.3 is 5.97 Å². The minimum Gasteiger partial charge on any atom is -0.478 e. The van der Waals surface area contributed by atoms with Crippen molar-refractivity contribution in [3.63, 3.8) is 0 Å². The van der Waals surface area contributed by atoms with Crippen LogP contribution in [0, 0.1) is 5.41 Å². The Morgan fingerprint density at radius 2 is 2.00 bits per heavy atom. The predicted octanol–water partition coefficient (Wildman–Crippen LogP) is 2.37. The number of nitrogens with one attached hydrogen (secondary N) is 2. The molecule has 1 aromatic rings. The van der Waals surface area contributed by atoms with Crippen molar-refractivity contribution in [3.05, 3.63) is 28.8 Å². The van der Waals surface area contributed by atoms with E-state index in [0.717, 1.165) is 25.9 Å². The number of carbonyl (C=O) groups excluding carboxylic acids is 1. The molecule has 1 fully saturated rings. The molecule has 5 nitrogen and oxygen atoms in total. The van der Waals surface area contributed by atoms with Crippen molar-refractivity contribution in [1.29, 1.82) is 0 Å². The molecular weight excluding hydrogens is 280 g/mol. The van der Waals surface area contributed by atoms with Crippen molar-refractivity contribution in [2.75, 3.05) is 18.4 Å². The fourth-order valence-corrected chi connectivity index (χ4v) is 2.45. The van der Waals surface area contributed by atoms with Gasteiger partial charge in [-0.2, -0.15) is 0 Å². The van der Waals surface area contributed by atoms with Crippen molar-refractivity contribution >= 4 is 29.2 Å². The van der Waals surface area contributed by atoms with Gasteiger partial charge in [-0.1, -0.05) is 18.5 Å². The Balaban J connectivity index is 2.21. The molecule has 20 heavy (non-hydrogen) atoms. The fourth-order valence-electron chi connectivity index (χ4n) is 2.28. The van der Waals surface area contributed by atoms with Gasteiger partial charge in [0.25, 0.3) is 0 Å². The molecular formula is C14H17ClN2O3. The Kier molecular flexibility index (Phi) is 4.30. The lowest BCUT2D eigenvalue weighted by atomic mass is 9.80. The summed E-state index contributed by atoms with van der Waals surface area (Å²) < 4.78 is 0. The van der Waals surface area contributed by atoms with E-state index in [-0.39, 0.29) is 17.2 Å². The maximum Gasteiger partial charge on any atom is 0.337 e. The zero-order valence-electron chi connectivity index (χ0n) is 11.2. The first-order valence-electron chi connectivity index (χ1n) is 6.47. The molecule has 6 heteroatoms. The summed E-state index contributed by atoms with van der Waals surface area (Å²) >= 11 is 5.79. The molecule has 3 N–H and O–H groups in total. The number of aromatic carboxylic acids is 1. The lowest BCUT2D eigenvalue weighted by Gasteiger charge is -2.32. The number of hydrogen-bond acceptors (Lipinski definition) is 3. The standard InChI is InChI=1S/C14H17ClN2O3/c1-14(4-6-16-7-5-14)13(20)17-11-3-2-9(15)8-10(11)12(18)19/h2-3,8,16H,4-7H2,1H3,(H,17,20)(H,18,19). The summed E-state index contributed by atoms with van der Waals surface area (Å²) in [6.07, 6.45) is 1.46. The smallest absolute Gasteiger partial charge is 0.337 e. The minimum absolute atomic E-state index is 0.00313. The summed E-state index contributed by atoms with van der Waals surface area (Å²) in [5, 5.41) is 15.4. The van der Waals surface area contributed by atoms with Gasteiger partial charge in [-0.25, -0.2) is 4.79 Å². The number of anilines is 1. The maximum atomic E-state index is 12.4. The first kappa shape index (κ1) is 14.8. The molecule has 1 amide bonds. The monoisotopic (exact) mass is 296 g/mol. The third kappa shape index (κ3) is 3.11. The largest absolute Gasteiger partial charge is 0.478 e. The van der Waals surface area contributed by atoms with Gasteiger partial charge in [-0.05, 0) is 44.1 Å². The van der Waals surface area contributed by atoms with E-state index in [1.807, 2.05) is 6.92 Å². The van der Waals surface area contributed by atoms with Gasteiger partial charge in [0.2, 0.25) is 5.91 Å². The van der Waals surface area contributed by atoms with Crippen molar-refractivity contribution in [3.8, 4) is 0 Å². The van der Waals surface area contributed by atoms with E-state index in [0.29, 0.717) is 5.02 Å². The molecule has 0 aromatic heterocycles. The maximum absolute atomic E-state index is 12.4. The highest BCUT2D eigenvalue weighted by molar-refractivity contribution is 6.31. The third-order valence-corrected chi connectivity index (χ3v) is 3.95. The number of carbonyl (C=O) groups is 2.